The second kappa shape index (κ2) is 7.31. The molecule has 0 amide bonds. The lowest BCUT2D eigenvalue weighted by Gasteiger charge is -2.08. The zero-order chi connectivity index (χ0) is 18.5. The minimum atomic E-state index is -0.597. The highest BCUT2D eigenvalue weighted by molar-refractivity contribution is 5.53. The summed E-state index contributed by atoms with van der Waals surface area (Å²) in [7, 11) is 0. The van der Waals surface area contributed by atoms with Crippen LogP contribution in [0, 0.1) is 28.4 Å². The first-order chi connectivity index (χ1) is 12.5. The lowest BCUT2D eigenvalue weighted by atomic mass is 10.2. The number of aromatic nitrogens is 2. The van der Waals surface area contributed by atoms with Gasteiger partial charge < -0.3 is 14.0 Å². The molecule has 1 heterocycles. The Bertz CT molecular complexity index is 976. The quantitative estimate of drug-likeness (QED) is 0.487. The molecule has 3 rings (SSSR count). The van der Waals surface area contributed by atoms with E-state index in [2.05, 4.69) is 10.1 Å². The minimum Gasteiger partial charge on any atom is -0.484 e. The van der Waals surface area contributed by atoms with Gasteiger partial charge >= 0.3 is 5.69 Å². The third-order valence-electron chi connectivity index (χ3n) is 3.27. The summed E-state index contributed by atoms with van der Waals surface area (Å²) in [4.78, 5) is 14.6. The number of rotatable bonds is 6. The van der Waals surface area contributed by atoms with Crippen molar-refractivity contribution in [2.24, 2.45) is 0 Å². The SMILES string of the molecule is Cc1noc(COc2ccc(Oc3ccc(C#N)cc3[N+](=O)[O-])cc2)n1. The van der Waals surface area contributed by atoms with Gasteiger partial charge in [-0.1, -0.05) is 5.16 Å². The minimum absolute atomic E-state index is 0.0454. The van der Waals surface area contributed by atoms with Gasteiger partial charge in [-0.05, 0) is 43.3 Å². The van der Waals surface area contributed by atoms with E-state index in [1.807, 2.05) is 6.07 Å². The van der Waals surface area contributed by atoms with E-state index in [1.165, 1.54) is 18.2 Å². The lowest BCUT2D eigenvalue weighted by molar-refractivity contribution is -0.385. The van der Waals surface area contributed by atoms with Gasteiger partial charge in [-0.2, -0.15) is 10.2 Å². The van der Waals surface area contributed by atoms with E-state index in [-0.39, 0.29) is 23.6 Å². The van der Waals surface area contributed by atoms with Crippen LogP contribution in [-0.2, 0) is 6.61 Å². The maximum absolute atomic E-state index is 11.1. The molecule has 9 nitrogen and oxygen atoms in total. The van der Waals surface area contributed by atoms with Crippen molar-refractivity contribution in [3.63, 3.8) is 0 Å². The van der Waals surface area contributed by atoms with Crippen LogP contribution < -0.4 is 9.47 Å². The van der Waals surface area contributed by atoms with Crippen LogP contribution in [-0.4, -0.2) is 15.1 Å². The highest BCUT2D eigenvalue weighted by Crippen LogP contribution is 2.32. The maximum Gasteiger partial charge on any atom is 0.312 e. The van der Waals surface area contributed by atoms with Crippen molar-refractivity contribution in [3.8, 4) is 23.3 Å². The molecular formula is C17H12N4O5. The molecule has 0 saturated carbocycles. The highest BCUT2D eigenvalue weighted by Gasteiger charge is 2.17. The second-order valence-electron chi connectivity index (χ2n) is 5.15. The van der Waals surface area contributed by atoms with E-state index in [9.17, 15) is 10.1 Å². The van der Waals surface area contributed by atoms with Crippen molar-refractivity contribution in [1.29, 1.82) is 5.26 Å². The first kappa shape index (κ1) is 16.9. The Hall–Kier alpha value is -3.93. The summed E-state index contributed by atoms with van der Waals surface area (Å²) in [5.74, 6) is 1.86. The van der Waals surface area contributed by atoms with Gasteiger partial charge in [0.2, 0.25) is 5.75 Å². The van der Waals surface area contributed by atoms with E-state index in [0.717, 1.165) is 0 Å². The van der Waals surface area contributed by atoms with E-state index in [0.29, 0.717) is 23.2 Å². The zero-order valence-electron chi connectivity index (χ0n) is 13.6. The fourth-order valence-electron chi connectivity index (χ4n) is 2.09. The standard InChI is InChI=1S/C17H12N4O5/c1-11-19-17(26-20-11)10-24-13-3-5-14(6-4-13)25-16-7-2-12(9-18)8-15(16)21(22)23/h2-8H,10H2,1H3. The summed E-state index contributed by atoms with van der Waals surface area (Å²) in [6.45, 7) is 1.84. The van der Waals surface area contributed by atoms with Gasteiger partial charge in [0.1, 0.15) is 11.5 Å². The number of aryl methyl sites for hydroxylation is 1. The van der Waals surface area contributed by atoms with Gasteiger partial charge in [-0.3, -0.25) is 10.1 Å². The fourth-order valence-corrected chi connectivity index (χ4v) is 2.09. The summed E-state index contributed by atoms with van der Waals surface area (Å²) >= 11 is 0. The molecule has 9 heteroatoms. The largest absolute Gasteiger partial charge is 0.484 e. The second-order valence-corrected chi connectivity index (χ2v) is 5.15. The molecule has 0 aliphatic rings. The molecule has 0 aliphatic heterocycles. The molecule has 1 aromatic heterocycles. The predicted octanol–water partition coefficient (Wildman–Crippen LogP) is 3.53. The fraction of sp³-hybridized carbons (Fsp3) is 0.118. The van der Waals surface area contributed by atoms with Gasteiger partial charge in [0, 0.05) is 6.07 Å². The van der Waals surface area contributed by atoms with Crippen LogP contribution in [0.1, 0.15) is 17.3 Å². The first-order valence-electron chi connectivity index (χ1n) is 7.43. The van der Waals surface area contributed by atoms with Crippen LogP contribution in [0.3, 0.4) is 0 Å². The van der Waals surface area contributed by atoms with Crippen molar-refractivity contribution < 1.29 is 18.9 Å². The molecule has 26 heavy (non-hydrogen) atoms. The van der Waals surface area contributed by atoms with E-state index < -0.39 is 4.92 Å². The number of hydrogen-bond acceptors (Lipinski definition) is 8. The average Bonchev–Trinajstić information content (AvgIpc) is 3.06. The van der Waals surface area contributed by atoms with Crippen LogP contribution in [0.4, 0.5) is 5.69 Å². The Morgan fingerprint density at radius 1 is 1.23 bits per heavy atom. The molecule has 0 saturated heterocycles. The summed E-state index contributed by atoms with van der Waals surface area (Å²) in [6, 6.07) is 12.4. The highest BCUT2D eigenvalue weighted by atomic mass is 16.6. The molecule has 0 radical (unpaired) electrons. The first-order valence-corrected chi connectivity index (χ1v) is 7.43. The monoisotopic (exact) mass is 352 g/mol. The van der Waals surface area contributed by atoms with E-state index in [1.54, 1.807) is 31.2 Å². The molecule has 0 aliphatic carbocycles. The zero-order valence-corrected chi connectivity index (χ0v) is 13.6. The molecule has 3 aromatic rings. The van der Waals surface area contributed by atoms with Crippen molar-refractivity contribution in [2.75, 3.05) is 0 Å². The maximum atomic E-state index is 11.1. The topological polar surface area (TPSA) is 124 Å². The van der Waals surface area contributed by atoms with Crippen LogP contribution >= 0.6 is 0 Å². The average molecular weight is 352 g/mol. The van der Waals surface area contributed by atoms with Crippen molar-refractivity contribution >= 4 is 5.69 Å². The van der Waals surface area contributed by atoms with Crippen LogP contribution in [0.5, 0.6) is 17.2 Å². The Kier molecular flexibility index (Phi) is 4.76. The number of benzene rings is 2. The Balaban J connectivity index is 1.69. The number of ether oxygens (including phenoxy) is 2. The molecule has 0 atom stereocenters. The van der Waals surface area contributed by atoms with Crippen LogP contribution in [0.2, 0.25) is 0 Å². The Morgan fingerprint density at radius 3 is 2.58 bits per heavy atom. The Morgan fingerprint density at radius 2 is 1.96 bits per heavy atom. The van der Waals surface area contributed by atoms with Crippen molar-refractivity contribution in [3.05, 3.63) is 69.9 Å². The molecule has 0 N–H and O–H groups in total. The van der Waals surface area contributed by atoms with Gasteiger partial charge in [-0.15, -0.1) is 0 Å². The summed E-state index contributed by atoms with van der Waals surface area (Å²) in [6.07, 6.45) is 0. The number of nitrogens with zero attached hydrogens (tertiary/aromatic N) is 4. The molecule has 0 fully saturated rings. The summed E-state index contributed by atoms with van der Waals surface area (Å²) in [5, 5.41) is 23.6. The molecule has 0 unspecified atom stereocenters. The van der Waals surface area contributed by atoms with Crippen molar-refractivity contribution in [2.45, 2.75) is 13.5 Å². The molecule has 0 bridgehead atoms. The number of hydrogen-bond donors (Lipinski definition) is 0. The van der Waals surface area contributed by atoms with E-state index in [4.69, 9.17) is 19.3 Å². The molecule has 0 spiro atoms. The van der Waals surface area contributed by atoms with Gasteiger partial charge in [0.15, 0.2) is 12.4 Å². The number of nitro groups is 1. The van der Waals surface area contributed by atoms with Gasteiger partial charge in [0.05, 0.1) is 16.6 Å². The number of nitriles is 1. The Labute approximate surface area is 147 Å². The predicted molar refractivity (Wildman–Crippen MR) is 87.7 cm³/mol. The van der Waals surface area contributed by atoms with E-state index >= 15 is 0 Å². The normalized spacial score (nSPS) is 10.2. The number of nitro benzene ring substituents is 1. The van der Waals surface area contributed by atoms with Crippen LogP contribution in [0.15, 0.2) is 47.0 Å². The summed E-state index contributed by atoms with van der Waals surface area (Å²) in [5.41, 5.74) is -0.0970. The third kappa shape index (κ3) is 3.93. The van der Waals surface area contributed by atoms with Crippen LogP contribution in [0.25, 0.3) is 0 Å². The smallest absolute Gasteiger partial charge is 0.312 e. The van der Waals surface area contributed by atoms with Gasteiger partial charge in [0.25, 0.3) is 5.89 Å². The lowest BCUT2D eigenvalue weighted by Crippen LogP contribution is -1.96. The molecular weight excluding hydrogens is 340 g/mol. The molecule has 130 valence electrons. The molecule has 2 aromatic carbocycles. The third-order valence-corrected chi connectivity index (χ3v) is 3.27. The summed E-state index contributed by atoms with van der Waals surface area (Å²) < 4.78 is 16.0. The van der Waals surface area contributed by atoms with Crippen molar-refractivity contribution in [1.82, 2.24) is 10.1 Å². The van der Waals surface area contributed by atoms with Gasteiger partial charge in [-0.25, -0.2) is 0 Å².